The van der Waals surface area contributed by atoms with Gasteiger partial charge in [0.05, 0.1) is 4.90 Å². The molecule has 0 radical (unpaired) electrons. The molecule has 1 N–H and O–H groups in total. The van der Waals surface area contributed by atoms with Gasteiger partial charge in [-0.05, 0) is 48.9 Å². The molecular formula is C19H21N3O3S. The van der Waals surface area contributed by atoms with Crippen LogP contribution in [0.2, 0.25) is 0 Å². The van der Waals surface area contributed by atoms with Crippen LogP contribution in [0.5, 0.6) is 0 Å². The summed E-state index contributed by atoms with van der Waals surface area (Å²) in [5.74, 6) is -0.0892. The van der Waals surface area contributed by atoms with Crippen molar-refractivity contribution in [1.29, 1.82) is 0 Å². The fourth-order valence-electron chi connectivity index (χ4n) is 3.76. The smallest absolute Gasteiger partial charge is 0.251 e. The molecule has 1 unspecified atom stereocenters. The summed E-state index contributed by atoms with van der Waals surface area (Å²) < 4.78 is 27.0. The third-order valence-electron chi connectivity index (χ3n) is 5.54. The maximum atomic E-state index is 12.7. The molecule has 1 aliphatic carbocycles. The minimum absolute atomic E-state index is 0.0470. The Morgan fingerprint density at radius 1 is 1.08 bits per heavy atom. The molecule has 6 nitrogen and oxygen atoms in total. The Balaban J connectivity index is 1.37. The van der Waals surface area contributed by atoms with Crippen molar-refractivity contribution < 1.29 is 13.2 Å². The van der Waals surface area contributed by atoms with E-state index in [4.69, 9.17) is 0 Å². The second-order valence-electron chi connectivity index (χ2n) is 7.05. The average Bonchev–Trinajstić information content (AvgIpc) is 3.34. The first-order valence-electron chi connectivity index (χ1n) is 8.77. The summed E-state index contributed by atoms with van der Waals surface area (Å²) in [4.78, 5) is 16.5. The van der Waals surface area contributed by atoms with Crippen molar-refractivity contribution in [3.63, 3.8) is 0 Å². The zero-order valence-electron chi connectivity index (χ0n) is 14.3. The summed E-state index contributed by atoms with van der Waals surface area (Å²) in [5.41, 5.74) is 0.650. The van der Waals surface area contributed by atoms with Crippen molar-refractivity contribution in [2.75, 3.05) is 13.1 Å². The maximum Gasteiger partial charge on any atom is 0.251 e. The topological polar surface area (TPSA) is 79.4 Å². The van der Waals surface area contributed by atoms with Gasteiger partial charge < -0.3 is 5.32 Å². The molecule has 1 saturated carbocycles. The Morgan fingerprint density at radius 2 is 1.73 bits per heavy atom. The van der Waals surface area contributed by atoms with Crippen LogP contribution in [0.25, 0.3) is 0 Å². The third-order valence-corrected chi connectivity index (χ3v) is 7.45. The predicted molar refractivity (Wildman–Crippen MR) is 97.0 cm³/mol. The van der Waals surface area contributed by atoms with Gasteiger partial charge in [-0.25, -0.2) is 8.42 Å². The number of rotatable bonds is 4. The molecule has 26 heavy (non-hydrogen) atoms. The minimum Gasteiger partial charge on any atom is -0.349 e. The van der Waals surface area contributed by atoms with Crippen LogP contribution in [-0.4, -0.2) is 42.7 Å². The minimum atomic E-state index is -3.43. The summed E-state index contributed by atoms with van der Waals surface area (Å²) in [6.07, 6.45) is 5.68. The highest BCUT2D eigenvalue weighted by Crippen LogP contribution is 2.54. The third kappa shape index (κ3) is 3.12. The second kappa shape index (κ2) is 6.48. The van der Waals surface area contributed by atoms with Gasteiger partial charge in [-0.1, -0.05) is 18.2 Å². The molecule has 1 aliphatic heterocycles. The molecule has 1 spiro atoms. The van der Waals surface area contributed by atoms with Crippen LogP contribution in [0.4, 0.5) is 0 Å². The predicted octanol–water partition coefficient (Wildman–Crippen LogP) is 2.05. The van der Waals surface area contributed by atoms with E-state index in [1.54, 1.807) is 53.1 Å². The molecule has 2 fully saturated rings. The number of piperidine rings is 1. The first-order valence-corrected chi connectivity index (χ1v) is 10.2. The monoisotopic (exact) mass is 371 g/mol. The van der Waals surface area contributed by atoms with E-state index in [-0.39, 0.29) is 17.4 Å². The number of pyridine rings is 1. The summed E-state index contributed by atoms with van der Waals surface area (Å²) >= 11 is 0. The number of nitrogens with one attached hydrogen (secondary N) is 1. The Labute approximate surface area is 153 Å². The van der Waals surface area contributed by atoms with Crippen molar-refractivity contribution in [3.05, 3.63) is 60.4 Å². The molecule has 2 aliphatic rings. The molecule has 2 aromatic rings. The van der Waals surface area contributed by atoms with Crippen molar-refractivity contribution in [2.45, 2.75) is 30.2 Å². The Hall–Kier alpha value is -2.25. The number of sulfonamides is 1. The number of hydrogen-bond donors (Lipinski definition) is 1. The zero-order chi connectivity index (χ0) is 18.2. The van der Waals surface area contributed by atoms with Crippen LogP contribution < -0.4 is 5.32 Å². The van der Waals surface area contributed by atoms with Crippen molar-refractivity contribution >= 4 is 15.9 Å². The number of carbonyl (C=O) groups is 1. The zero-order valence-corrected chi connectivity index (χ0v) is 15.2. The molecule has 2 heterocycles. The van der Waals surface area contributed by atoms with Gasteiger partial charge in [-0.15, -0.1) is 0 Å². The van der Waals surface area contributed by atoms with E-state index in [1.165, 1.54) is 0 Å². The molecule has 1 aromatic heterocycles. The highest BCUT2D eigenvalue weighted by atomic mass is 32.2. The number of benzene rings is 1. The Kier molecular flexibility index (Phi) is 4.28. The highest BCUT2D eigenvalue weighted by Gasteiger charge is 2.56. The van der Waals surface area contributed by atoms with Gasteiger partial charge >= 0.3 is 0 Å². The Morgan fingerprint density at radius 3 is 2.38 bits per heavy atom. The van der Waals surface area contributed by atoms with E-state index >= 15 is 0 Å². The van der Waals surface area contributed by atoms with E-state index in [0.29, 0.717) is 23.5 Å². The first-order chi connectivity index (χ1) is 12.5. The lowest BCUT2D eigenvalue weighted by molar-refractivity contribution is 0.0940. The number of amides is 1. The Bertz CT molecular complexity index is 892. The van der Waals surface area contributed by atoms with Gasteiger partial charge in [0.25, 0.3) is 5.91 Å². The average molecular weight is 371 g/mol. The van der Waals surface area contributed by atoms with Crippen molar-refractivity contribution in [1.82, 2.24) is 14.6 Å². The molecule has 4 rings (SSSR count). The van der Waals surface area contributed by atoms with Crippen LogP contribution >= 0.6 is 0 Å². The molecule has 7 heteroatoms. The van der Waals surface area contributed by atoms with Gasteiger partial charge in [0.1, 0.15) is 0 Å². The van der Waals surface area contributed by atoms with Gasteiger partial charge in [0.2, 0.25) is 10.0 Å². The van der Waals surface area contributed by atoms with Crippen LogP contribution in [0.1, 0.15) is 29.6 Å². The van der Waals surface area contributed by atoms with Crippen LogP contribution in [0.15, 0.2) is 59.8 Å². The molecule has 1 aromatic carbocycles. The van der Waals surface area contributed by atoms with Crippen LogP contribution in [0, 0.1) is 5.41 Å². The van der Waals surface area contributed by atoms with E-state index in [9.17, 15) is 13.2 Å². The van der Waals surface area contributed by atoms with Crippen molar-refractivity contribution in [3.8, 4) is 0 Å². The van der Waals surface area contributed by atoms with E-state index in [2.05, 4.69) is 10.3 Å². The normalized spacial score (nSPS) is 22.1. The molecule has 0 bridgehead atoms. The van der Waals surface area contributed by atoms with Gasteiger partial charge in [0, 0.05) is 37.1 Å². The van der Waals surface area contributed by atoms with Crippen molar-refractivity contribution in [2.24, 2.45) is 5.41 Å². The SMILES string of the molecule is O=C(NC1CC12CCN(S(=O)(=O)c1ccccc1)CC2)c1ccncc1. The second-order valence-corrected chi connectivity index (χ2v) is 8.98. The fraction of sp³-hybridized carbons (Fsp3) is 0.368. The van der Waals surface area contributed by atoms with E-state index < -0.39 is 10.0 Å². The van der Waals surface area contributed by atoms with Gasteiger partial charge in [0.15, 0.2) is 0 Å². The lowest BCUT2D eigenvalue weighted by atomic mass is 9.94. The van der Waals surface area contributed by atoms with E-state index in [1.807, 2.05) is 6.07 Å². The number of aromatic nitrogens is 1. The summed E-state index contributed by atoms with van der Waals surface area (Å²) in [5, 5.41) is 3.08. The fourth-order valence-corrected chi connectivity index (χ4v) is 5.23. The largest absolute Gasteiger partial charge is 0.349 e. The lowest BCUT2D eigenvalue weighted by Crippen LogP contribution is -2.41. The number of nitrogens with zero attached hydrogens (tertiary/aromatic N) is 2. The van der Waals surface area contributed by atoms with Gasteiger partial charge in [-0.2, -0.15) is 4.31 Å². The molecule has 1 amide bonds. The molecule has 136 valence electrons. The summed E-state index contributed by atoms with van der Waals surface area (Å²) in [6.45, 7) is 0.998. The maximum absolute atomic E-state index is 12.7. The summed E-state index contributed by atoms with van der Waals surface area (Å²) in [7, 11) is -3.43. The van der Waals surface area contributed by atoms with Crippen LogP contribution in [-0.2, 0) is 10.0 Å². The highest BCUT2D eigenvalue weighted by molar-refractivity contribution is 7.89. The quantitative estimate of drug-likeness (QED) is 0.892. The standard InChI is InChI=1S/C19H21N3O3S/c23-18(15-6-10-20-11-7-15)21-17-14-19(17)8-12-22(13-9-19)26(24,25)16-4-2-1-3-5-16/h1-7,10-11,17H,8-9,12-14H2,(H,21,23). The molecular weight excluding hydrogens is 350 g/mol. The molecule has 1 atom stereocenters. The van der Waals surface area contributed by atoms with Crippen LogP contribution in [0.3, 0.4) is 0 Å². The van der Waals surface area contributed by atoms with E-state index in [0.717, 1.165) is 19.3 Å². The lowest BCUT2D eigenvalue weighted by Gasteiger charge is -2.32. The summed E-state index contributed by atoms with van der Waals surface area (Å²) in [6, 6.07) is 12.1. The molecule has 1 saturated heterocycles. The van der Waals surface area contributed by atoms with Gasteiger partial charge in [-0.3, -0.25) is 9.78 Å². The first kappa shape index (κ1) is 17.2. The number of carbonyl (C=O) groups excluding carboxylic acids is 1. The number of hydrogen-bond acceptors (Lipinski definition) is 4.